The van der Waals surface area contributed by atoms with Crippen molar-refractivity contribution in [3.05, 3.63) is 24.2 Å². The lowest BCUT2D eigenvalue weighted by atomic mass is 9.90. The van der Waals surface area contributed by atoms with Crippen LogP contribution in [-0.2, 0) is 0 Å². The maximum absolute atomic E-state index is 5.10. The van der Waals surface area contributed by atoms with Crippen molar-refractivity contribution >= 4 is 0 Å². The van der Waals surface area contributed by atoms with Crippen molar-refractivity contribution in [1.29, 1.82) is 0 Å². The fraction of sp³-hybridized carbons (Fsp3) is 0.636. The van der Waals surface area contributed by atoms with Crippen LogP contribution in [0.2, 0.25) is 0 Å². The van der Waals surface area contributed by atoms with Gasteiger partial charge in [0.05, 0.1) is 12.5 Å². The molecule has 1 rings (SSSR count). The van der Waals surface area contributed by atoms with Gasteiger partial charge in [0.25, 0.3) is 0 Å². The van der Waals surface area contributed by atoms with E-state index in [1.54, 1.807) is 6.26 Å². The molecule has 1 aromatic rings. The van der Waals surface area contributed by atoms with Crippen LogP contribution in [0.15, 0.2) is 23.0 Å². The molecule has 0 aliphatic rings. The highest BCUT2D eigenvalue weighted by atomic mass is 16.3. The standard InChI is InChI=1S/C11H19NO/c1-4-9(5-2)11(12-3)10-6-7-13-8-10/h6-9,11-12H,4-5H2,1-3H3. The zero-order chi connectivity index (χ0) is 9.68. The highest BCUT2D eigenvalue weighted by Crippen LogP contribution is 2.26. The quantitative estimate of drug-likeness (QED) is 0.755. The predicted molar refractivity (Wildman–Crippen MR) is 54.6 cm³/mol. The minimum atomic E-state index is 0.439. The fourth-order valence-electron chi connectivity index (χ4n) is 1.89. The molecule has 0 radical (unpaired) electrons. The van der Waals surface area contributed by atoms with Crippen molar-refractivity contribution in [2.45, 2.75) is 32.7 Å². The monoisotopic (exact) mass is 181 g/mol. The second-order valence-corrected chi connectivity index (χ2v) is 3.40. The summed E-state index contributed by atoms with van der Waals surface area (Å²) in [5.74, 6) is 0.697. The van der Waals surface area contributed by atoms with Crippen LogP contribution >= 0.6 is 0 Å². The first-order valence-electron chi connectivity index (χ1n) is 5.02. The maximum atomic E-state index is 5.10. The summed E-state index contributed by atoms with van der Waals surface area (Å²) in [5.41, 5.74) is 1.26. The average molecular weight is 181 g/mol. The number of furan rings is 1. The van der Waals surface area contributed by atoms with Gasteiger partial charge in [-0.3, -0.25) is 0 Å². The summed E-state index contributed by atoms with van der Waals surface area (Å²) < 4.78 is 5.10. The van der Waals surface area contributed by atoms with Crippen LogP contribution in [0, 0.1) is 5.92 Å². The second kappa shape index (κ2) is 5.07. The molecule has 0 saturated heterocycles. The number of hydrogen-bond donors (Lipinski definition) is 1. The second-order valence-electron chi connectivity index (χ2n) is 3.40. The van der Waals surface area contributed by atoms with Crippen LogP contribution in [0.5, 0.6) is 0 Å². The lowest BCUT2D eigenvalue weighted by Crippen LogP contribution is -2.24. The lowest BCUT2D eigenvalue weighted by molar-refractivity contribution is 0.357. The van der Waals surface area contributed by atoms with Crippen molar-refractivity contribution in [1.82, 2.24) is 5.32 Å². The Morgan fingerprint density at radius 1 is 1.38 bits per heavy atom. The van der Waals surface area contributed by atoms with E-state index in [2.05, 4.69) is 19.2 Å². The van der Waals surface area contributed by atoms with Crippen molar-refractivity contribution in [2.75, 3.05) is 7.05 Å². The van der Waals surface area contributed by atoms with Gasteiger partial charge in [0.2, 0.25) is 0 Å². The van der Waals surface area contributed by atoms with Gasteiger partial charge < -0.3 is 9.73 Å². The molecule has 0 fully saturated rings. The molecule has 1 N–H and O–H groups in total. The average Bonchev–Trinajstić information content (AvgIpc) is 2.66. The van der Waals surface area contributed by atoms with Gasteiger partial charge in [0.15, 0.2) is 0 Å². The van der Waals surface area contributed by atoms with Gasteiger partial charge in [-0.1, -0.05) is 26.7 Å². The predicted octanol–water partition coefficient (Wildman–Crippen LogP) is 2.98. The lowest BCUT2D eigenvalue weighted by Gasteiger charge is -2.23. The molecular weight excluding hydrogens is 162 g/mol. The van der Waals surface area contributed by atoms with Crippen LogP contribution in [0.4, 0.5) is 0 Å². The number of hydrogen-bond acceptors (Lipinski definition) is 2. The molecule has 1 heterocycles. The molecule has 2 heteroatoms. The van der Waals surface area contributed by atoms with Gasteiger partial charge in [-0.15, -0.1) is 0 Å². The third-order valence-electron chi connectivity index (χ3n) is 2.73. The van der Waals surface area contributed by atoms with Gasteiger partial charge in [0.1, 0.15) is 0 Å². The van der Waals surface area contributed by atoms with Crippen LogP contribution < -0.4 is 5.32 Å². The van der Waals surface area contributed by atoms with E-state index in [1.165, 1.54) is 18.4 Å². The molecule has 0 aliphatic carbocycles. The van der Waals surface area contributed by atoms with Crippen LogP contribution in [0.1, 0.15) is 38.3 Å². The Bertz CT molecular complexity index is 214. The summed E-state index contributed by atoms with van der Waals surface area (Å²) in [6.07, 6.45) is 5.97. The first-order chi connectivity index (χ1) is 6.33. The first-order valence-corrected chi connectivity index (χ1v) is 5.02. The molecule has 0 saturated carbocycles. The summed E-state index contributed by atoms with van der Waals surface area (Å²) in [4.78, 5) is 0. The highest BCUT2D eigenvalue weighted by Gasteiger charge is 2.18. The molecule has 2 nitrogen and oxygen atoms in total. The van der Waals surface area contributed by atoms with E-state index in [0.717, 1.165) is 0 Å². The normalized spacial score (nSPS) is 13.5. The van der Waals surface area contributed by atoms with Crippen molar-refractivity contribution in [3.63, 3.8) is 0 Å². The van der Waals surface area contributed by atoms with Crippen LogP contribution in [-0.4, -0.2) is 7.05 Å². The van der Waals surface area contributed by atoms with Crippen LogP contribution in [0.25, 0.3) is 0 Å². The Hall–Kier alpha value is -0.760. The largest absolute Gasteiger partial charge is 0.472 e. The molecular formula is C11H19NO. The highest BCUT2D eigenvalue weighted by molar-refractivity contribution is 5.12. The molecule has 0 bridgehead atoms. The molecule has 1 aromatic heterocycles. The minimum absolute atomic E-state index is 0.439. The molecule has 0 aromatic carbocycles. The van der Waals surface area contributed by atoms with Crippen LogP contribution in [0.3, 0.4) is 0 Å². The summed E-state index contributed by atoms with van der Waals surface area (Å²) in [6.45, 7) is 4.47. The molecule has 0 amide bonds. The van der Waals surface area contributed by atoms with E-state index in [1.807, 2.05) is 19.4 Å². The van der Waals surface area contributed by atoms with E-state index in [-0.39, 0.29) is 0 Å². The maximum Gasteiger partial charge on any atom is 0.0950 e. The molecule has 0 aliphatic heterocycles. The summed E-state index contributed by atoms with van der Waals surface area (Å²) in [7, 11) is 2.01. The van der Waals surface area contributed by atoms with Gasteiger partial charge in [-0.25, -0.2) is 0 Å². The Balaban J connectivity index is 2.72. The smallest absolute Gasteiger partial charge is 0.0950 e. The molecule has 0 spiro atoms. The molecule has 1 unspecified atom stereocenters. The first kappa shape index (κ1) is 10.3. The van der Waals surface area contributed by atoms with Gasteiger partial charge >= 0.3 is 0 Å². The molecule has 1 atom stereocenters. The van der Waals surface area contributed by atoms with Crippen molar-refractivity contribution in [3.8, 4) is 0 Å². The Labute approximate surface area is 80.3 Å². The topological polar surface area (TPSA) is 25.2 Å². The van der Waals surface area contributed by atoms with E-state index in [4.69, 9.17) is 4.42 Å². The SMILES string of the molecule is CCC(CC)C(NC)c1ccoc1. The zero-order valence-corrected chi connectivity index (χ0v) is 8.71. The van der Waals surface area contributed by atoms with E-state index < -0.39 is 0 Å². The zero-order valence-electron chi connectivity index (χ0n) is 8.71. The van der Waals surface area contributed by atoms with Gasteiger partial charge in [0, 0.05) is 11.6 Å². The third-order valence-corrected chi connectivity index (χ3v) is 2.73. The van der Waals surface area contributed by atoms with E-state index in [0.29, 0.717) is 12.0 Å². The van der Waals surface area contributed by atoms with Gasteiger partial charge in [-0.2, -0.15) is 0 Å². The third kappa shape index (κ3) is 2.34. The Morgan fingerprint density at radius 2 is 2.08 bits per heavy atom. The fourth-order valence-corrected chi connectivity index (χ4v) is 1.89. The minimum Gasteiger partial charge on any atom is -0.472 e. The Morgan fingerprint density at radius 3 is 2.46 bits per heavy atom. The number of rotatable bonds is 5. The van der Waals surface area contributed by atoms with Crippen molar-refractivity contribution in [2.24, 2.45) is 5.92 Å². The van der Waals surface area contributed by atoms with Crippen molar-refractivity contribution < 1.29 is 4.42 Å². The summed E-state index contributed by atoms with van der Waals surface area (Å²) in [6, 6.07) is 2.48. The van der Waals surface area contributed by atoms with E-state index >= 15 is 0 Å². The number of nitrogens with one attached hydrogen (secondary N) is 1. The van der Waals surface area contributed by atoms with Gasteiger partial charge in [-0.05, 0) is 19.0 Å². The molecule has 13 heavy (non-hydrogen) atoms. The van der Waals surface area contributed by atoms with E-state index in [9.17, 15) is 0 Å². The summed E-state index contributed by atoms with van der Waals surface area (Å²) >= 11 is 0. The summed E-state index contributed by atoms with van der Waals surface area (Å²) in [5, 5.41) is 3.35. The molecule has 74 valence electrons. The Kier molecular flexibility index (Phi) is 4.03.